The fraction of sp³-hybridized carbons (Fsp3) is 0.263. The molecular weight excluding hydrogens is 384 g/mol. The minimum atomic E-state index is -0.271. The predicted molar refractivity (Wildman–Crippen MR) is 103 cm³/mol. The maximum Gasteiger partial charge on any atom is 0.259 e. The standard InChI is InChI=1S/C19H21BrN2O3/c1-3-4-10-25-18-9-8-14(20)11-17(18)19(24)22-16-7-5-6-15(12-16)21-13(2)23/h5-9,11-12H,3-4,10H2,1-2H3,(H,21,23)(H,22,24). The van der Waals surface area contributed by atoms with Crippen LogP contribution in [-0.2, 0) is 4.79 Å². The Balaban J connectivity index is 2.17. The number of carbonyl (C=O) groups excluding carboxylic acids is 2. The number of anilines is 2. The third kappa shape index (κ3) is 5.90. The van der Waals surface area contributed by atoms with Crippen LogP contribution in [0, 0.1) is 0 Å². The lowest BCUT2D eigenvalue weighted by Crippen LogP contribution is -2.14. The number of carbonyl (C=O) groups is 2. The van der Waals surface area contributed by atoms with Crippen molar-refractivity contribution < 1.29 is 14.3 Å². The molecule has 0 unspecified atom stereocenters. The van der Waals surface area contributed by atoms with E-state index in [1.165, 1.54) is 6.92 Å². The van der Waals surface area contributed by atoms with E-state index in [9.17, 15) is 9.59 Å². The molecule has 0 heterocycles. The summed E-state index contributed by atoms with van der Waals surface area (Å²) in [4.78, 5) is 23.8. The summed E-state index contributed by atoms with van der Waals surface area (Å²) in [6.07, 6.45) is 1.95. The van der Waals surface area contributed by atoms with Crippen molar-refractivity contribution in [3.8, 4) is 5.75 Å². The number of unbranched alkanes of at least 4 members (excludes halogenated alkanes) is 1. The van der Waals surface area contributed by atoms with Crippen LogP contribution in [0.1, 0.15) is 37.0 Å². The number of nitrogens with one attached hydrogen (secondary N) is 2. The van der Waals surface area contributed by atoms with Crippen LogP contribution in [0.15, 0.2) is 46.9 Å². The molecule has 0 atom stereocenters. The first-order valence-corrected chi connectivity index (χ1v) is 8.90. The molecule has 6 heteroatoms. The first kappa shape index (κ1) is 19.0. The fourth-order valence-corrected chi connectivity index (χ4v) is 2.57. The zero-order chi connectivity index (χ0) is 18.2. The van der Waals surface area contributed by atoms with E-state index >= 15 is 0 Å². The predicted octanol–water partition coefficient (Wildman–Crippen LogP) is 4.84. The minimum Gasteiger partial charge on any atom is -0.493 e. The molecular formula is C19H21BrN2O3. The maximum atomic E-state index is 12.7. The third-order valence-electron chi connectivity index (χ3n) is 3.38. The maximum absolute atomic E-state index is 12.7. The molecule has 2 aromatic rings. The summed E-state index contributed by atoms with van der Waals surface area (Å²) in [6, 6.07) is 12.3. The second-order valence-corrected chi connectivity index (χ2v) is 6.47. The van der Waals surface area contributed by atoms with Gasteiger partial charge >= 0.3 is 0 Å². The van der Waals surface area contributed by atoms with Gasteiger partial charge in [0.2, 0.25) is 5.91 Å². The lowest BCUT2D eigenvalue weighted by Gasteiger charge is -2.13. The van der Waals surface area contributed by atoms with E-state index in [4.69, 9.17) is 4.74 Å². The summed E-state index contributed by atoms with van der Waals surface area (Å²) < 4.78 is 6.53. The van der Waals surface area contributed by atoms with Crippen LogP contribution < -0.4 is 15.4 Å². The van der Waals surface area contributed by atoms with Crippen molar-refractivity contribution in [2.75, 3.05) is 17.2 Å². The lowest BCUT2D eigenvalue weighted by atomic mass is 10.1. The minimum absolute atomic E-state index is 0.165. The van der Waals surface area contributed by atoms with Crippen LogP contribution in [0.5, 0.6) is 5.75 Å². The van der Waals surface area contributed by atoms with Crippen LogP contribution >= 0.6 is 15.9 Å². The summed E-state index contributed by atoms with van der Waals surface area (Å²) >= 11 is 3.39. The Morgan fingerprint density at radius 1 is 1.08 bits per heavy atom. The van der Waals surface area contributed by atoms with E-state index in [0.29, 0.717) is 29.3 Å². The molecule has 5 nitrogen and oxygen atoms in total. The average Bonchev–Trinajstić information content (AvgIpc) is 2.56. The number of benzene rings is 2. The van der Waals surface area contributed by atoms with E-state index in [1.54, 1.807) is 36.4 Å². The van der Waals surface area contributed by atoms with E-state index in [2.05, 4.69) is 33.5 Å². The Kier molecular flexibility index (Phi) is 7.01. The molecule has 2 aromatic carbocycles. The largest absolute Gasteiger partial charge is 0.493 e. The van der Waals surface area contributed by atoms with E-state index < -0.39 is 0 Å². The quantitative estimate of drug-likeness (QED) is 0.648. The molecule has 25 heavy (non-hydrogen) atoms. The molecule has 2 N–H and O–H groups in total. The van der Waals surface area contributed by atoms with Crippen molar-refractivity contribution in [3.05, 3.63) is 52.5 Å². The highest BCUT2D eigenvalue weighted by Gasteiger charge is 2.14. The monoisotopic (exact) mass is 404 g/mol. The van der Waals surface area contributed by atoms with Crippen molar-refractivity contribution in [3.63, 3.8) is 0 Å². The van der Waals surface area contributed by atoms with Gasteiger partial charge in [-0.15, -0.1) is 0 Å². The van der Waals surface area contributed by atoms with Crippen LogP contribution in [0.4, 0.5) is 11.4 Å². The molecule has 0 saturated carbocycles. The Morgan fingerprint density at radius 2 is 1.80 bits per heavy atom. The summed E-state index contributed by atoms with van der Waals surface area (Å²) in [6.45, 7) is 4.09. The molecule has 2 rings (SSSR count). The SMILES string of the molecule is CCCCOc1ccc(Br)cc1C(=O)Nc1cccc(NC(C)=O)c1. The first-order valence-electron chi connectivity index (χ1n) is 8.11. The van der Waals surface area contributed by atoms with Gasteiger partial charge in [-0.1, -0.05) is 35.3 Å². The number of halogens is 1. The second kappa shape index (κ2) is 9.22. The molecule has 0 aliphatic rings. The molecule has 0 spiro atoms. The van der Waals surface area contributed by atoms with E-state index in [-0.39, 0.29) is 11.8 Å². The zero-order valence-electron chi connectivity index (χ0n) is 14.3. The number of hydrogen-bond acceptors (Lipinski definition) is 3. The Morgan fingerprint density at radius 3 is 2.48 bits per heavy atom. The summed E-state index contributed by atoms with van der Waals surface area (Å²) in [7, 11) is 0. The van der Waals surface area contributed by atoms with Crippen molar-refractivity contribution in [2.24, 2.45) is 0 Å². The van der Waals surface area contributed by atoms with Gasteiger partial charge < -0.3 is 15.4 Å². The van der Waals surface area contributed by atoms with Gasteiger partial charge in [-0.25, -0.2) is 0 Å². The smallest absolute Gasteiger partial charge is 0.259 e. The molecule has 0 bridgehead atoms. The third-order valence-corrected chi connectivity index (χ3v) is 3.88. The van der Waals surface area contributed by atoms with Crippen LogP contribution in [0.2, 0.25) is 0 Å². The molecule has 0 aliphatic carbocycles. The van der Waals surface area contributed by atoms with Gasteiger partial charge in [0.25, 0.3) is 5.91 Å². The highest BCUT2D eigenvalue weighted by atomic mass is 79.9. The van der Waals surface area contributed by atoms with Crippen molar-refractivity contribution in [1.82, 2.24) is 0 Å². The van der Waals surface area contributed by atoms with Gasteiger partial charge in [-0.3, -0.25) is 9.59 Å². The molecule has 132 valence electrons. The highest BCUT2D eigenvalue weighted by molar-refractivity contribution is 9.10. The zero-order valence-corrected chi connectivity index (χ0v) is 15.9. The van der Waals surface area contributed by atoms with Gasteiger partial charge in [0, 0.05) is 22.8 Å². The highest BCUT2D eigenvalue weighted by Crippen LogP contribution is 2.25. The van der Waals surface area contributed by atoms with Gasteiger partial charge in [0.1, 0.15) is 5.75 Å². The van der Waals surface area contributed by atoms with Gasteiger partial charge in [0.05, 0.1) is 12.2 Å². The molecule has 0 aliphatic heterocycles. The van der Waals surface area contributed by atoms with Crippen LogP contribution in [-0.4, -0.2) is 18.4 Å². The van der Waals surface area contributed by atoms with Crippen molar-refractivity contribution >= 4 is 39.1 Å². The second-order valence-electron chi connectivity index (χ2n) is 5.56. The fourth-order valence-electron chi connectivity index (χ4n) is 2.21. The summed E-state index contributed by atoms with van der Waals surface area (Å²) in [5.74, 6) is 0.113. The molecule has 0 fully saturated rings. The van der Waals surface area contributed by atoms with E-state index in [0.717, 1.165) is 17.3 Å². The number of rotatable bonds is 7. The van der Waals surface area contributed by atoms with Gasteiger partial charge in [0.15, 0.2) is 0 Å². The molecule has 0 saturated heterocycles. The Hall–Kier alpha value is -2.34. The lowest BCUT2D eigenvalue weighted by molar-refractivity contribution is -0.114. The molecule has 0 radical (unpaired) electrons. The number of amides is 2. The molecule has 0 aromatic heterocycles. The van der Waals surface area contributed by atoms with Crippen molar-refractivity contribution in [2.45, 2.75) is 26.7 Å². The summed E-state index contributed by atoms with van der Waals surface area (Å²) in [5, 5.41) is 5.53. The Labute approximate surface area is 155 Å². The summed E-state index contributed by atoms with van der Waals surface area (Å²) in [5.41, 5.74) is 1.67. The first-order chi connectivity index (χ1) is 12.0. The van der Waals surface area contributed by atoms with Crippen molar-refractivity contribution in [1.29, 1.82) is 0 Å². The van der Waals surface area contributed by atoms with Gasteiger partial charge in [-0.2, -0.15) is 0 Å². The Bertz CT molecular complexity index is 762. The molecule has 2 amide bonds. The van der Waals surface area contributed by atoms with E-state index in [1.807, 2.05) is 6.07 Å². The number of ether oxygens (including phenoxy) is 1. The number of hydrogen-bond donors (Lipinski definition) is 2. The average molecular weight is 405 g/mol. The van der Waals surface area contributed by atoms with Crippen LogP contribution in [0.25, 0.3) is 0 Å². The van der Waals surface area contributed by atoms with Gasteiger partial charge in [-0.05, 0) is 42.8 Å². The normalized spacial score (nSPS) is 10.2. The topological polar surface area (TPSA) is 67.4 Å². The van der Waals surface area contributed by atoms with Crippen LogP contribution in [0.3, 0.4) is 0 Å².